The van der Waals surface area contributed by atoms with Crippen LogP contribution in [0.5, 0.6) is 0 Å². The topological polar surface area (TPSA) is 95.6 Å². The number of anilines is 1. The molecule has 0 fully saturated rings. The lowest BCUT2D eigenvalue weighted by atomic mass is 10.0. The molecule has 3 aromatic carbocycles. The molecule has 4 rings (SSSR count). The number of hydrogen-bond acceptors (Lipinski definition) is 4. The summed E-state index contributed by atoms with van der Waals surface area (Å²) < 4.78 is 0. The maximum Gasteiger partial charge on any atom is 0.262 e. The van der Waals surface area contributed by atoms with Crippen molar-refractivity contribution in [2.24, 2.45) is 0 Å². The average molecular weight is 490 g/mol. The van der Waals surface area contributed by atoms with Crippen molar-refractivity contribution >= 4 is 40.9 Å². The fraction of sp³-hybridized carbons (Fsp3) is 0.185. The normalized spacial score (nSPS) is 14.3. The molecule has 4 amide bonds. The molecule has 0 aliphatic carbocycles. The highest BCUT2D eigenvalue weighted by molar-refractivity contribution is 6.30. The van der Waals surface area contributed by atoms with Gasteiger partial charge >= 0.3 is 0 Å². The number of aryl methyl sites for hydroxylation is 2. The van der Waals surface area contributed by atoms with Crippen LogP contribution >= 0.6 is 11.6 Å². The summed E-state index contributed by atoms with van der Waals surface area (Å²) in [5.41, 5.74) is 3.40. The number of amides is 4. The summed E-state index contributed by atoms with van der Waals surface area (Å²) in [6.07, 6.45) is 0. The molecule has 2 N–H and O–H groups in total. The van der Waals surface area contributed by atoms with E-state index in [0.717, 1.165) is 16.0 Å². The first-order valence-corrected chi connectivity index (χ1v) is 11.5. The summed E-state index contributed by atoms with van der Waals surface area (Å²) in [5.74, 6) is -2.20. The summed E-state index contributed by atoms with van der Waals surface area (Å²) in [6.45, 7) is 5.21. The first kappa shape index (κ1) is 24.2. The molecule has 0 aromatic heterocycles. The lowest BCUT2D eigenvalue weighted by molar-refractivity contribution is -0.129. The van der Waals surface area contributed by atoms with Gasteiger partial charge in [-0.25, -0.2) is 0 Å². The number of imide groups is 1. The van der Waals surface area contributed by atoms with Crippen molar-refractivity contribution in [2.75, 3.05) is 5.32 Å². The van der Waals surface area contributed by atoms with Crippen molar-refractivity contribution < 1.29 is 19.2 Å². The zero-order chi connectivity index (χ0) is 25.3. The van der Waals surface area contributed by atoms with Gasteiger partial charge in [0, 0.05) is 10.7 Å². The van der Waals surface area contributed by atoms with Crippen LogP contribution < -0.4 is 10.6 Å². The Morgan fingerprint density at radius 2 is 1.34 bits per heavy atom. The van der Waals surface area contributed by atoms with Crippen molar-refractivity contribution in [3.05, 3.63) is 99.6 Å². The Kier molecular flexibility index (Phi) is 6.71. The van der Waals surface area contributed by atoms with E-state index in [1.54, 1.807) is 48.5 Å². The number of nitrogens with zero attached hydrogens (tertiary/aromatic N) is 1. The predicted molar refractivity (Wildman–Crippen MR) is 133 cm³/mol. The summed E-state index contributed by atoms with van der Waals surface area (Å²) in [6, 6.07) is 16.4. The molecule has 1 aliphatic heterocycles. The predicted octanol–water partition coefficient (Wildman–Crippen LogP) is 4.44. The first-order chi connectivity index (χ1) is 16.7. The molecule has 0 saturated heterocycles. The molecule has 2 atom stereocenters. The highest BCUT2D eigenvalue weighted by atomic mass is 35.5. The van der Waals surface area contributed by atoms with Crippen molar-refractivity contribution in [3.8, 4) is 0 Å². The molecule has 7 nitrogen and oxygen atoms in total. The van der Waals surface area contributed by atoms with Gasteiger partial charge in [0.15, 0.2) is 0 Å². The van der Waals surface area contributed by atoms with E-state index in [-0.39, 0.29) is 11.1 Å². The standard InChI is InChI=1S/C27H24ClN3O4/c1-15-7-6-8-16(2)22(15)29-25(33)23(18-11-13-19(28)14-12-18)30-24(32)17(3)31-26(34)20-9-4-5-10-21(20)27(31)35/h4-14,17,23H,1-3H3,(H,29,33)(H,30,32)/t17-,23-/m0/s1. The lowest BCUT2D eigenvalue weighted by Gasteiger charge is -2.25. The summed E-state index contributed by atoms with van der Waals surface area (Å²) in [7, 11) is 0. The van der Waals surface area contributed by atoms with E-state index < -0.39 is 35.7 Å². The van der Waals surface area contributed by atoms with Gasteiger partial charge in [0.05, 0.1) is 11.1 Å². The number of halogens is 1. The molecule has 0 saturated carbocycles. The highest BCUT2D eigenvalue weighted by Gasteiger charge is 2.41. The molecule has 0 bridgehead atoms. The third kappa shape index (κ3) is 4.68. The van der Waals surface area contributed by atoms with Gasteiger partial charge in [-0.2, -0.15) is 0 Å². The summed E-state index contributed by atoms with van der Waals surface area (Å²) in [4.78, 5) is 53.2. The van der Waals surface area contributed by atoms with Crippen LogP contribution in [0.25, 0.3) is 0 Å². The molecule has 35 heavy (non-hydrogen) atoms. The minimum atomic E-state index is -1.13. The van der Waals surface area contributed by atoms with E-state index in [9.17, 15) is 19.2 Å². The quantitative estimate of drug-likeness (QED) is 0.500. The van der Waals surface area contributed by atoms with Gasteiger partial charge in [0.2, 0.25) is 5.91 Å². The molecule has 1 heterocycles. The number of carbonyl (C=O) groups is 4. The summed E-state index contributed by atoms with van der Waals surface area (Å²) >= 11 is 6.02. The lowest BCUT2D eigenvalue weighted by Crippen LogP contribution is -2.50. The zero-order valence-corrected chi connectivity index (χ0v) is 20.2. The number of hydrogen-bond donors (Lipinski definition) is 2. The highest BCUT2D eigenvalue weighted by Crippen LogP contribution is 2.26. The van der Waals surface area contributed by atoms with Crippen LogP contribution in [0.4, 0.5) is 5.69 Å². The van der Waals surface area contributed by atoms with Crippen molar-refractivity contribution in [1.82, 2.24) is 10.2 Å². The second kappa shape index (κ2) is 9.72. The van der Waals surface area contributed by atoms with Crippen LogP contribution in [0, 0.1) is 13.8 Å². The van der Waals surface area contributed by atoms with Crippen LogP contribution in [0.15, 0.2) is 66.7 Å². The maximum atomic E-state index is 13.4. The Bertz CT molecular complexity index is 1280. The van der Waals surface area contributed by atoms with E-state index in [1.807, 2.05) is 32.0 Å². The number of fused-ring (bicyclic) bond motifs is 1. The fourth-order valence-electron chi connectivity index (χ4n) is 4.10. The van der Waals surface area contributed by atoms with Crippen molar-refractivity contribution in [3.63, 3.8) is 0 Å². The third-order valence-corrected chi connectivity index (χ3v) is 6.33. The van der Waals surface area contributed by atoms with E-state index in [2.05, 4.69) is 10.6 Å². The van der Waals surface area contributed by atoms with E-state index in [0.29, 0.717) is 16.3 Å². The molecule has 3 aromatic rings. The van der Waals surface area contributed by atoms with Gasteiger partial charge in [-0.05, 0) is 61.7 Å². The third-order valence-electron chi connectivity index (χ3n) is 6.07. The van der Waals surface area contributed by atoms with Crippen LogP contribution in [-0.4, -0.2) is 34.6 Å². The van der Waals surface area contributed by atoms with Crippen LogP contribution in [0.1, 0.15) is 50.4 Å². The van der Waals surface area contributed by atoms with Crippen LogP contribution in [0.2, 0.25) is 5.02 Å². The maximum absolute atomic E-state index is 13.4. The summed E-state index contributed by atoms with van der Waals surface area (Å²) in [5, 5.41) is 6.10. The Hall–Kier alpha value is -3.97. The average Bonchev–Trinajstić information content (AvgIpc) is 3.10. The zero-order valence-electron chi connectivity index (χ0n) is 19.5. The molecular formula is C27H24ClN3O4. The van der Waals surface area contributed by atoms with Gasteiger partial charge in [-0.15, -0.1) is 0 Å². The Balaban J connectivity index is 1.60. The molecule has 1 aliphatic rings. The Morgan fingerprint density at radius 3 is 1.89 bits per heavy atom. The van der Waals surface area contributed by atoms with Gasteiger partial charge in [-0.1, -0.05) is 54.1 Å². The smallest absolute Gasteiger partial charge is 0.262 e. The van der Waals surface area contributed by atoms with Crippen molar-refractivity contribution in [2.45, 2.75) is 32.9 Å². The molecule has 0 spiro atoms. The van der Waals surface area contributed by atoms with Crippen LogP contribution in [0.3, 0.4) is 0 Å². The second-order valence-corrected chi connectivity index (χ2v) is 8.89. The number of benzene rings is 3. The Labute approximate surface area is 208 Å². The SMILES string of the molecule is Cc1cccc(C)c1NC(=O)[C@@H](NC(=O)[C@H](C)N1C(=O)c2ccccc2C1=O)c1ccc(Cl)cc1. The molecule has 0 radical (unpaired) electrons. The van der Waals surface area contributed by atoms with Crippen molar-refractivity contribution in [1.29, 1.82) is 0 Å². The van der Waals surface area contributed by atoms with E-state index >= 15 is 0 Å². The number of rotatable bonds is 6. The van der Waals surface area contributed by atoms with Gasteiger partial charge in [-0.3, -0.25) is 24.1 Å². The molecule has 0 unspecified atom stereocenters. The monoisotopic (exact) mass is 489 g/mol. The Morgan fingerprint density at radius 1 is 0.800 bits per heavy atom. The minimum absolute atomic E-state index is 0.249. The number of para-hydroxylation sites is 1. The second-order valence-electron chi connectivity index (χ2n) is 8.45. The van der Waals surface area contributed by atoms with Gasteiger partial charge in [0.1, 0.15) is 12.1 Å². The van der Waals surface area contributed by atoms with E-state index in [4.69, 9.17) is 11.6 Å². The minimum Gasteiger partial charge on any atom is -0.339 e. The van der Waals surface area contributed by atoms with Gasteiger partial charge < -0.3 is 10.6 Å². The first-order valence-electron chi connectivity index (χ1n) is 11.1. The molecule has 178 valence electrons. The van der Waals surface area contributed by atoms with Gasteiger partial charge in [0.25, 0.3) is 17.7 Å². The molecule has 8 heteroatoms. The largest absolute Gasteiger partial charge is 0.339 e. The van der Waals surface area contributed by atoms with E-state index in [1.165, 1.54) is 6.92 Å². The fourth-order valence-corrected chi connectivity index (χ4v) is 4.23. The van der Waals surface area contributed by atoms with Crippen LogP contribution in [-0.2, 0) is 9.59 Å². The number of nitrogens with one attached hydrogen (secondary N) is 2. The number of carbonyl (C=O) groups excluding carboxylic acids is 4. The molecular weight excluding hydrogens is 466 g/mol.